The maximum Gasteiger partial charge on any atom is 0.234 e. The highest BCUT2D eigenvalue weighted by molar-refractivity contribution is 7.99. The predicted molar refractivity (Wildman–Crippen MR) is 126 cm³/mol. The number of nitrogens with one attached hydrogen (secondary N) is 1. The summed E-state index contributed by atoms with van der Waals surface area (Å²) in [6, 6.07) is 11.5. The Balaban J connectivity index is 1.64. The topological polar surface area (TPSA) is 69.0 Å². The smallest absolute Gasteiger partial charge is 0.234 e. The summed E-state index contributed by atoms with van der Waals surface area (Å²) in [5.41, 5.74) is 3.79. The summed E-state index contributed by atoms with van der Waals surface area (Å²) in [5, 5.41) is 12.8. The SMILES string of the molecule is C=CCn1c(COc2cc(C)c(Cl)c(C)c2)nnc1SCC(=O)Nc1cccc(C)c1. The predicted octanol–water partition coefficient (Wildman–Crippen LogP) is 5.35. The highest BCUT2D eigenvalue weighted by atomic mass is 35.5. The van der Waals surface area contributed by atoms with E-state index in [0.717, 1.165) is 33.1 Å². The second-order valence-electron chi connectivity index (χ2n) is 7.16. The first-order chi connectivity index (χ1) is 14.9. The van der Waals surface area contributed by atoms with Gasteiger partial charge in [0.2, 0.25) is 5.91 Å². The number of hydrogen-bond acceptors (Lipinski definition) is 5. The molecule has 0 unspecified atom stereocenters. The number of thioether (sulfide) groups is 1. The molecule has 1 aromatic heterocycles. The van der Waals surface area contributed by atoms with Crippen LogP contribution in [0, 0.1) is 20.8 Å². The lowest BCUT2D eigenvalue weighted by molar-refractivity contribution is -0.113. The van der Waals surface area contributed by atoms with Crippen LogP contribution in [0.5, 0.6) is 5.75 Å². The molecule has 2 aromatic carbocycles. The van der Waals surface area contributed by atoms with E-state index in [-0.39, 0.29) is 18.3 Å². The lowest BCUT2D eigenvalue weighted by atomic mass is 10.1. The van der Waals surface area contributed by atoms with E-state index in [1.165, 1.54) is 11.8 Å². The lowest BCUT2D eigenvalue weighted by Crippen LogP contribution is -2.15. The Morgan fingerprint density at radius 1 is 1.23 bits per heavy atom. The number of aryl methyl sites for hydroxylation is 3. The molecular weight excluding hydrogens is 432 g/mol. The van der Waals surface area contributed by atoms with Crippen molar-refractivity contribution in [3.63, 3.8) is 0 Å². The largest absolute Gasteiger partial charge is 0.486 e. The number of carbonyl (C=O) groups excluding carboxylic acids is 1. The number of halogens is 1. The van der Waals surface area contributed by atoms with Crippen molar-refractivity contribution in [2.45, 2.75) is 39.1 Å². The molecule has 8 heteroatoms. The molecule has 3 rings (SSSR count). The number of ether oxygens (including phenoxy) is 1. The van der Waals surface area contributed by atoms with E-state index in [1.807, 2.05) is 61.7 Å². The third kappa shape index (κ3) is 6.12. The molecule has 162 valence electrons. The molecule has 1 amide bonds. The molecule has 1 N–H and O–H groups in total. The Morgan fingerprint density at radius 3 is 2.65 bits per heavy atom. The minimum atomic E-state index is -0.103. The summed E-state index contributed by atoms with van der Waals surface area (Å²) in [7, 11) is 0. The van der Waals surface area contributed by atoms with Gasteiger partial charge in [0.1, 0.15) is 12.4 Å². The normalized spacial score (nSPS) is 10.7. The van der Waals surface area contributed by atoms with Crippen LogP contribution in [0.25, 0.3) is 0 Å². The number of aromatic nitrogens is 3. The minimum absolute atomic E-state index is 0.103. The summed E-state index contributed by atoms with van der Waals surface area (Å²) in [6.45, 7) is 10.4. The lowest BCUT2D eigenvalue weighted by Gasteiger charge is -2.11. The Kier molecular flexibility index (Phi) is 7.76. The van der Waals surface area contributed by atoms with Gasteiger partial charge in [-0.1, -0.05) is 41.6 Å². The molecule has 0 radical (unpaired) electrons. The van der Waals surface area contributed by atoms with E-state index >= 15 is 0 Å². The minimum Gasteiger partial charge on any atom is -0.486 e. The van der Waals surface area contributed by atoms with Crippen LogP contribution in [0.4, 0.5) is 5.69 Å². The fraction of sp³-hybridized carbons (Fsp3) is 0.261. The quantitative estimate of drug-likeness (QED) is 0.347. The van der Waals surface area contributed by atoms with Crippen molar-refractivity contribution in [2.75, 3.05) is 11.1 Å². The maximum atomic E-state index is 12.3. The van der Waals surface area contributed by atoms with Crippen LogP contribution < -0.4 is 10.1 Å². The van der Waals surface area contributed by atoms with Gasteiger partial charge in [-0.25, -0.2) is 0 Å². The molecule has 0 saturated heterocycles. The number of amides is 1. The van der Waals surface area contributed by atoms with Gasteiger partial charge in [0.15, 0.2) is 11.0 Å². The fourth-order valence-electron chi connectivity index (χ4n) is 3.03. The number of rotatable bonds is 9. The van der Waals surface area contributed by atoms with Crippen LogP contribution in [-0.4, -0.2) is 26.4 Å². The molecule has 3 aromatic rings. The van der Waals surface area contributed by atoms with Gasteiger partial charge in [-0.3, -0.25) is 9.36 Å². The molecule has 0 atom stereocenters. The maximum absolute atomic E-state index is 12.3. The molecule has 6 nitrogen and oxygen atoms in total. The van der Waals surface area contributed by atoms with Crippen molar-refractivity contribution >= 4 is 35.0 Å². The Labute approximate surface area is 191 Å². The number of allylic oxidation sites excluding steroid dienone is 1. The third-order valence-corrected chi connectivity index (χ3v) is 6.08. The Morgan fingerprint density at radius 2 is 1.97 bits per heavy atom. The van der Waals surface area contributed by atoms with Crippen LogP contribution in [0.3, 0.4) is 0 Å². The van der Waals surface area contributed by atoms with E-state index in [0.29, 0.717) is 17.5 Å². The number of hydrogen-bond donors (Lipinski definition) is 1. The van der Waals surface area contributed by atoms with Gasteiger partial charge in [0, 0.05) is 17.3 Å². The van der Waals surface area contributed by atoms with E-state index in [9.17, 15) is 4.79 Å². The number of anilines is 1. The second-order valence-corrected chi connectivity index (χ2v) is 8.48. The summed E-state index contributed by atoms with van der Waals surface area (Å²) >= 11 is 7.55. The van der Waals surface area contributed by atoms with Crippen LogP contribution in [0.2, 0.25) is 5.02 Å². The van der Waals surface area contributed by atoms with E-state index in [1.54, 1.807) is 6.08 Å². The van der Waals surface area contributed by atoms with Crippen LogP contribution in [0.1, 0.15) is 22.5 Å². The van der Waals surface area contributed by atoms with Crippen molar-refractivity contribution in [2.24, 2.45) is 0 Å². The van der Waals surface area contributed by atoms with Gasteiger partial charge < -0.3 is 10.1 Å². The zero-order valence-electron chi connectivity index (χ0n) is 17.8. The van der Waals surface area contributed by atoms with Crippen LogP contribution in [0.15, 0.2) is 54.2 Å². The Bertz CT molecular complexity index is 1070. The number of nitrogens with zero attached hydrogens (tertiary/aromatic N) is 3. The molecule has 0 saturated carbocycles. The molecule has 0 aliphatic heterocycles. The average molecular weight is 457 g/mol. The molecule has 1 heterocycles. The highest BCUT2D eigenvalue weighted by Gasteiger charge is 2.15. The van der Waals surface area contributed by atoms with Gasteiger partial charge >= 0.3 is 0 Å². The van der Waals surface area contributed by atoms with Gasteiger partial charge in [-0.15, -0.1) is 16.8 Å². The van der Waals surface area contributed by atoms with Crippen molar-refractivity contribution < 1.29 is 9.53 Å². The summed E-state index contributed by atoms with van der Waals surface area (Å²) < 4.78 is 7.82. The van der Waals surface area contributed by atoms with E-state index in [4.69, 9.17) is 16.3 Å². The molecule has 0 aliphatic carbocycles. The van der Waals surface area contributed by atoms with E-state index in [2.05, 4.69) is 22.1 Å². The van der Waals surface area contributed by atoms with Crippen molar-refractivity contribution in [1.82, 2.24) is 14.8 Å². The zero-order valence-corrected chi connectivity index (χ0v) is 19.4. The first-order valence-electron chi connectivity index (χ1n) is 9.79. The standard InChI is InChI=1S/C23H25ClN4O2S/c1-5-9-28-20(13-30-19-11-16(3)22(24)17(4)12-19)26-27-23(28)31-14-21(29)25-18-8-6-7-15(2)10-18/h5-8,10-12H,1,9,13-14H2,2-4H3,(H,25,29). The monoisotopic (exact) mass is 456 g/mol. The van der Waals surface area contributed by atoms with E-state index < -0.39 is 0 Å². The fourth-order valence-corrected chi connectivity index (χ4v) is 3.91. The first-order valence-corrected chi connectivity index (χ1v) is 11.2. The zero-order chi connectivity index (χ0) is 22.4. The van der Waals surface area contributed by atoms with Crippen molar-refractivity contribution in [3.8, 4) is 5.75 Å². The molecule has 0 fully saturated rings. The summed E-state index contributed by atoms with van der Waals surface area (Å²) in [6.07, 6.45) is 1.76. The van der Waals surface area contributed by atoms with Gasteiger partial charge in [0.25, 0.3) is 0 Å². The molecular formula is C23H25ClN4O2S. The summed E-state index contributed by atoms with van der Waals surface area (Å²) in [4.78, 5) is 12.3. The average Bonchev–Trinajstić information content (AvgIpc) is 3.11. The summed E-state index contributed by atoms with van der Waals surface area (Å²) in [5.74, 6) is 1.50. The van der Waals surface area contributed by atoms with Crippen molar-refractivity contribution in [1.29, 1.82) is 0 Å². The Hall–Kier alpha value is -2.77. The third-order valence-electron chi connectivity index (χ3n) is 4.52. The molecule has 0 spiro atoms. The second kappa shape index (κ2) is 10.5. The molecule has 0 bridgehead atoms. The van der Waals surface area contributed by atoms with Crippen LogP contribution >= 0.6 is 23.4 Å². The van der Waals surface area contributed by atoms with Gasteiger partial charge in [0.05, 0.1) is 5.75 Å². The highest BCUT2D eigenvalue weighted by Crippen LogP contribution is 2.26. The molecule has 31 heavy (non-hydrogen) atoms. The van der Waals surface area contributed by atoms with Crippen LogP contribution in [-0.2, 0) is 17.9 Å². The van der Waals surface area contributed by atoms with Gasteiger partial charge in [-0.05, 0) is 61.7 Å². The number of carbonyl (C=O) groups is 1. The molecule has 0 aliphatic rings. The number of benzene rings is 2. The first kappa shape index (κ1) is 22.9. The van der Waals surface area contributed by atoms with Gasteiger partial charge in [-0.2, -0.15) is 0 Å². The van der Waals surface area contributed by atoms with Crippen molar-refractivity contribution in [3.05, 3.63) is 76.6 Å².